The summed E-state index contributed by atoms with van der Waals surface area (Å²) in [5.74, 6) is 0.871. The number of likely N-dealkylation sites (tertiary alicyclic amines) is 1. The zero-order chi connectivity index (χ0) is 16.1. The second-order valence-electron chi connectivity index (χ2n) is 5.98. The van der Waals surface area contributed by atoms with Crippen LogP contribution >= 0.6 is 11.3 Å². The number of hydrogen-bond donors (Lipinski definition) is 1. The average Bonchev–Trinajstić information content (AvgIpc) is 3.23. The number of thiazole rings is 1. The normalized spacial score (nSPS) is 18.4. The molecule has 1 aliphatic heterocycles. The van der Waals surface area contributed by atoms with Gasteiger partial charge in [-0.15, -0.1) is 11.3 Å². The lowest BCUT2D eigenvalue weighted by atomic mass is 10.1. The quantitative estimate of drug-likeness (QED) is 0.842. The number of aromatic nitrogens is 1. The lowest BCUT2D eigenvalue weighted by molar-refractivity contribution is 0.209. The summed E-state index contributed by atoms with van der Waals surface area (Å²) in [6.07, 6.45) is 4.47. The summed E-state index contributed by atoms with van der Waals surface area (Å²) in [5.41, 5.74) is 2.19. The summed E-state index contributed by atoms with van der Waals surface area (Å²) in [4.78, 5) is 7.33. The van der Waals surface area contributed by atoms with Gasteiger partial charge >= 0.3 is 0 Å². The van der Waals surface area contributed by atoms with Crippen LogP contribution < -0.4 is 4.74 Å². The van der Waals surface area contributed by atoms with Crippen LogP contribution in [0.5, 0.6) is 5.75 Å². The molecular weight excluding hydrogens is 308 g/mol. The van der Waals surface area contributed by atoms with Gasteiger partial charge < -0.3 is 9.84 Å². The maximum atomic E-state index is 9.04. The Labute approximate surface area is 141 Å². The van der Waals surface area contributed by atoms with Gasteiger partial charge in [0, 0.05) is 24.6 Å². The fourth-order valence-corrected chi connectivity index (χ4v) is 4.13. The van der Waals surface area contributed by atoms with E-state index in [-0.39, 0.29) is 0 Å². The highest BCUT2D eigenvalue weighted by atomic mass is 32.1. The molecule has 124 valence electrons. The van der Waals surface area contributed by atoms with Gasteiger partial charge in [0.15, 0.2) is 0 Å². The minimum absolute atomic E-state index is 0.291. The Balaban J connectivity index is 1.70. The zero-order valence-electron chi connectivity index (χ0n) is 13.6. The van der Waals surface area contributed by atoms with Gasteiger partial charge in [0.2, 0.25) is 0 Å². The molecule has 0 bridgehead atoms. The highest BCUT2D eigenvalue weighted by Gasteiger charge is 2.24. The van der Waals surface area contributed by atoms with Crippen LogP contribution in [0.3, 0.4) is 0 Å². The van der Waals surface area contributed by atoms with Gasteiger partial charge in [-0.2, -0.15) is 0 Å². The van der Waals surface area contributed by atoms with Crippen molar-refractivity contribution >= 4 is 11.3 Å². The number of aliphatic hydroxyl groups excluding tert-OH is 1. The average molecular weight is 332 g/mol. The Morgan fingerprint density at radius 3 is 3.09 bits per heavy atom. The first-order valence-corrected chi connectivity index (χ1v) is 9.12. The Kier molecular flexibility index (Phi) is 5.65. The van der Waals surface area contributed by atoms with E-state index in [1.54, 1.807) is 18.4 Å². The number of hydrogen-bond acceptors (Lipinski definition) is 5. The first-order chi connectivity index (χ1) is 11.3. The molecule has 2 heterocycles. The molecule has 23 heavy (non-hydrogen) atoms. The molecule has 4 nitrogen and oxygen atoms in total. The van der Waals surface area contributed by atoms with Crippen LogP contribution in [0.4, 0.5) is 0 Å². The van der Waals surface area contributed by atoms with Crippen LogP contribution in [0.2, 0.25) is 0 Å². The third-order valence-corrected chi connectivity index (χ3v) is 5.37. The molecule has 2 aromatic rings. The van der Waals surface area contributed by atoms with Crippen molar-refractivity contribution in [2.24, 2.45) is 0 Å². The van der Waals surface area contributed by atoms with Crippen LogP contribution in [-0.4, -0.2) is 41.3 Å². The second-order valence-corrected chi connectivity index (χ2v) is 6.83. The number of rotatable bonds is 7. The first-order valence-electron chi connectivity index (χ1n) is 8.24. The van der Waals surface area contributed by atoms with E-state index in [1.165, 1.54) is 12.8 Å². The van der Waals surface area contributed by atoms with E-state index in [9.17, 15) is 0 Å². The smallest absolute Gasteiger partial charge is 0.129 e. The predicted octanol–water partition coefficient (Wildman–Crippen LogP) is 3.56. The number of benzene rings is 1. The van der Waals surface area contributed by atoms with Crippen molar-refractivity contribution in [2.75, 3.05) is 20.3 Å². The molecule has 0 spiro atoms. The molecule has 1 saturated heterocycles. The maximum absolute atomic E-state index is 9.04. The van der Waals surface area contributed by atoms with Crippen molar-refractivity contribution in [2.45, 2.75) is 38.3 Å². The van der Waals surface area contributed by atoms with E-state index in [2.05, 4.69) is 16.3 Å². The molecule has 1 aromatic heterocycles. The second kappa shape index (κ2) is 7.90. The molecule has 0 radical (unpaired) electrons. The molecule has 1 N–H and O–H groups in total. The van der Waals surface area contributed by atoms with Crippen molar-refractivity contribution in [1.29, 1.82) is 0 Å². The molecule has 0 saturated carbocycles. The van der Waals surface area contributed by atoms with Gasteiger partial charge in [0.25, 0.3) is 0 Å². The van der Waals surface area contributed by atoms with Crippen molar-refractivity contribution in [3.8, 4) is 16.3 Å². The van der Waals surface area contributed by atoms with E-state index < -0.39 is 0 Å². The molecule has 1 fully saturated rings. The molecule has 5 heteroatoms. The maximum Gasteiger partial charge on any atom is 0.129 e. The predicted molar refractivity (Wildman–Crippen MR) is 93.9 cm³/mol. The van der Waals surface area contributed by atoms with Gasteiger partial charge in [-0.1, -0.05) is 12.1 Å². The third kappa shape index (κ3) is 3.91. The van der Waals surface area contributed by atoms with Crippen LogP contribution in [-0.2, 0) is 6.54 Å². The summed E-state index contributed by atoms with van der Waals surface area (Å²) in [5, 5.41) is 12.2. The fourth-order valence-electron chi connectivity index (χ4n) is 3.29. The van der Waals surface area contributed by atoms with Crippen molar-refractivity contribution in [3.63, 3.8) is 0 Å². The number of nitrogens with zero attached hydrogens (tertiary/aromatic N) is 2. The molecule has 1 aromatic carbocycles. The van der Waals surface area contributed by atoms with Crippen molar-refractivity contribution < 1.29 is 9.84 Å². The minimum atomic E-state index is 0.291. The third-order valence-electron chi connectivity index (χ3n) is 4.45. The SMILES string of the molecule is COc1ccccc1-c1nc(CN2CCCC2CCCO)cs1. The van der Waals surface area contributed by atoms with Gasteiger partial charge in [-0.25, -0.2) is 4.98 Å². The van der Waals surface area contributed by atoms with Crippen LogP contribution in [0.1, 0.15) is 31.4 Å². The lowest BCUT2D eigenvalue weighted by Gasteiger charge is -2.23. The van der Waals surface area contributed by atoms with Crippen LogP contribution in [0.25, 0.3) is 10.6 Å². The van der Waals surface area contributed by atoms with Gasteiger partial charge in [0.1, 0.15) is 10.8 Å². The molecule has 1 atom stereocenters. The monoisotopic (exact) mass is 332 g/mol. The Morgan fingerprint density at radius 2 is 2.26 bits per heavy atom. The summed E-state index contributed by atoms with van der Waals surface area (Å²) < 4.78 is 5.44. The zero-order valence-corrected chi connectivity index (χ0v) is 14.4. The largest absolute Gasteiger partial charge is 0.496 e. The first kappa shape index (κ1) is 16.4. The van der Waals surface area contributed by atoms with Gasteiger partial charge in [0.05, 0.1) is 18.4 Å². The van der Waals surface area contributed by atoms with Crippen LogP contribution in [0.15, 0.2) is 29.6 Å². The summed E-state index contributed by atoms with van der Waals surface area (Å²) in [6, 6.07) is 8.62. The summed E-state index contributed by atoms with van der Waals surface area (Å²) in [6.45, 7) is 2.33. The van der Waals surface area contributed by atoms with Crippen molar-refractivity contribution in [1.82, 2.24) is 9.88 Å². The Morgan fingerprint density at radius 1 is 1.39 bits per heavy atom. The molecular formula is C18H24N2O2S. The van der Waals surface area contributed by atoms with Gasteiger partial charge in [-0.05, 0) is 44.4 Å². The minimum Gasteiger partial charge on any atom is -0.496 e. The fraction of sp³-hybridized carbons (Fsp3) is 0.500. The molecule has 0 amide bonds. The topological polar surface area (TPSA) is 45.6 Å². The van der Waals surface area contributed by atoms with E-state index in [0.29, 0.717) is 12.6 Å². The highest BCUT2D eigenvalue weighted by Crippen LogP contribution is 2.32. The summed E-state index contributed by atoms with van der Waals surface area (Å²) in [7, 11) is 1.70. The van der Waals surface area contributed by atoms with Crippen LogP contribution in [0, 0.1) is 0 Å². The van der Waals surface area contributed by atoms with E-state index >= 15 is 0 Å². The van der Waals surface area contributed by atoms with E-state index in [0.717, 1.165) is 47.9 Å². The Bertz CT molecular complexity index is 629. The highest BCUT2D eigenvalue weighted by molar-refractivity contribution is 7.13. The molecule has 1 unspecified atom stereocenters. The molecule has 3 rings (SSSR count). The molecule has 1 aliphatic rings. The summed E-state index contributed by atoms with van der Waals surface area (Å²) >= 11 is 1.68. The molecule has 0 aliphatic carbocycles. The lowest BCUT2D eigenvalue weighted by Crippen LogP contribution is -2.29. The number of para-hydroxylation sites is 1. The number of methoxy groups -OCH3 is 1. The van der Waals surface area contributed by atoms with Crippen molar-refractivity contribution in [3.05, 3.63) is 35.3 Å². The van der Waals surface area contributed by atoms with E-state index in [1.807, 2.05) is 18.2 Å². The van der Waals surface area contributed by atoms with E-state index in [4.69, 9.17) is 14.8 Å². The number of ether oxygens (including phenoxy) is 1. The Hall–Kier alpha value is -1.43. The number of aliphatic hydroxyl groups is 1. The standard InChI is InChI=1S/C18H24N2O2S/c1-22-17-9-3-2-8-16(17)18-19-14(13-23-18)12-20-10-4-6-15(20)7-5-11-21/h2-3,8-9,13,15,21H,4-7,10-12H2,1H3. The van der Waals surface area contributed by atoms with Gasteiger partial charge in [-0.3, -0.25) is 4.90 Å².